The van der Waals surface area contributed by atoms with E-state index < -0.39 is 0 Å². The van der Waals surface area contributed by atoms with Crippen LogP contribution < -0.4 is 0 Å². The van der Waals surface area contributed by atoms with Crippen LogP contribution in [0.1, 0.15) is 12.0 Å². The molecule has 74 valence electrons. The molecule has 0 saturated carbocycles. The van der Waals surface area contributed by atoms with E-state index in [0.717, 1.165) is 17.2 Å². The van der Waals surface area contributed by atoms with Crippen molar-refractivity contribution in [2.75, 3.05) is 0 Å². The molecule has 0 aliphatic rings. The number of benzene rings is 1. The van der Waals surface area contributed by atoms with E-state index in [1.54, 1.807) is 23.0 Å². The van der Waals surface area contributed by atoms with Gasteiger partial charge in [0.2, 0.25) is 0 Å². The Hall–Kier alpha value is -2.15. The van der Waals surface area contributed by atoms with Crippen LogP contribution >= 0.6 is 0 Å². The van der Waals surface area contributed by atoms with Crippen molar-refractivity contribution >= 4 is 17.2 Å². The van der Waals surface area contributed by atoms with E-state index in [-0.39, 0.29) is 0 Å². The van der Waals surface area contributed by atoms with E-state index >= 15 is 0 Å². The third-order valence-electron chi connectivity index (χ3n) is 2.23. The molecular formula is C11H9N3O. The largest absolute Gasteiger partial charge is 0.303 e. The molecule has 4 heteroatoms. The zero-order valence-corrected chi connectivity index (χ0v) is 8.05. The summed E-state index contributed by atoms with van der Waals surface area (Å²) in [6.45, 7) is 0.582. The van der Waals surface area contributed by atoms with E-state index in [0.29, 0.717) is 18.5 Å². The summed E-state index contributed by atoms with van der Waals surface area (Å²) in [6.07, 6.45) is 3.04. The van der Waals surface area contributed by atoms with Gasteiger partial charge in [0.1, 0.15) is 6.29 Å². The summed E-state index contributed by atoms with van der Waals surface area (Å²) in [7, 11) is 0. The van der Waals surface area contributed by atoms with Crippen LogP contribution in [0.15, 0.2) is 24.4 Å². The molecule has 1 heterocycles. The summed E-state index contributed by atoms with van der Waals surface area (Å²) >= 11 is 0. The van der Waals surface area contributed by atoms with E-state index in [1.807, 2.05) is 6.07 Å². The van der Waals surface area contributed by atoms with Gasteiger partial charge in [0.15, 0.2) is 0 Å². The van der Waals surface area contributed by atoms with Gasteiger partial charge in [0.05, 0.1) is 23.3 Å². The molecule has 2 aromatic rings. The van der Waals surface area contributed by atoms with Crippen molar-refractivity contribution in [3.05, 3.63) is 30.0 Å². The highest BCUT2D eigenvalue weighted by Crippen LogP contribution is 2.15. The van der Waals surface area contributed by atoms with Crippen LogP contribution in [-0.2, 0) is 11.3 Å². The average molecular weight is 199 g/mol. The Kier molecular flexibility index (Phi) is 2.46. The fourth-order valence-corrected chi connectivity index (χ4v) is 1.51. The SMILES string of the molecule is N#Cc1ccc2c(cnn2CCC=O)c1. The molecule has 0 fully saturated rings. The zero-order chi connectivity index (χ0) is 10.7. The molecule has 0 saturated heterocycles. The summed E-state index contributed by atoms with van der Waals surface area (Å²) in [6, 6.07) is 7.47. The maximum atomic E-state index is 10.3. The van der Waals surface area contributed by atoms with Gasteiger partial charge in [-0.3, -0.25) is 4.68 Å². The molecule has 0 radical (unpaired) electrons. The number of carbonyl (C=O) groups excluding carboxylic acids is 1. The number of aromatic nitrogens is 2. The number of aryl methyl sites for hydroxylation is 1. The summed E-state index contributed by atoms with van der Waals surface area (Å²) in [5.74, 6) is 0. The first-order valence-corrected chi connectivity index (χ1v) is 4.64. The molecule has 0 atom stereocenters. The number of nitriles is 1. The second kappa shape index (κ2) is 3.93. The highest BCUT2D eigenvalue weighted by atomic mass is 16.1. The second-order valence-corrected chi connectivity index (χ2v) is 3.21. The number of carbonyl (C=O) groups is 1. The van der Waals surface area contributed by atoms with Gasteiger partial charge in [0, 0.05) is 18.4 Å². The Morgan fingerprint density at radius 1 is 1.53 bits per heavy atom. The summed E-state index contributed by atoms with van der Waals surface area (Å²) in [5, 5.41) is 13.8. The van der Waals surface area contributed by atoms with Crippen molar-refractivity contribution in [2.24, 2.45) is 0 Å². The van der Waals surface area contributed by atoms with Crippen LogP contribution in [-0.4, -0.2) is 16.1 Å². The molecule has 0 aliphatic carbocycles. The number of rotatable bonds is 3. The lowest BCUT2D eigenvalue weighted by Crippen LogP contribution is -1.99. The highest BCUT2D eigenvalue weighted by molar-refractivity contribution is 5.80. The van der Waals surface area contributed by atoms with Gasteiger partial charge in [-0.1, -0.05) is 0 Å². The topological polar surface area (TPSA) is 58.7 Å². The fraction of sp³-hybridized carbons (Fsp3) is 0.182. The monoisotopic (exact) mass is 199 g/mol. The molecule has 0 bridgehead atoms. The van der Waals surface area contributed by atoms with Gasteiger partial charge in [-0.15, -0.1) is 0 Å². The van der Waals surface area contributed by atoms with Gasteiger partial charge >= 0.3 is 0 Å². The molecule has 0 N–H and O–H groups in total. The van der Waals surface area contributed by atoms with Crippen molar-refractivity contribution in [1.82, 2.24) is 9.78 Å². The Morgan fingerprint density at radius 2 is 2.40 bits per heavy atom. The summed E-state index contributed by atoms with van der Waals surface area (Å²) in [5.41, 5.74) is 1.58. The van der Waals surface area contributed by atoms with Crippen molar-refractivity contribution < 1.29 is 4.79 Å². The van der Waals surface area contributed by atoms with Gasteiger partial charge in [-0.05, 0) is 18.2 Å². The third-order valence-corrected chi connectivity index (χ3v) is 2.23. The summed E-state index contributed by atoms with van der Waals surface area (Å²) < 4.78 is 1.77. The molecule has 0 spiro atoms. The highest BCUT2D eigenvalue weighted by Gasteiger charge is 2.02. The van der Waals surface area contributed by atoms with Gasteiger partial charge in [0.25, 0.3) is 0 Å². The lowest BCUT2D eigenvalue weighted by Gasteiger charge is -1.99. The molecule has 2 rings (SSSR count). The Labute approximate surface area is 86.7 Å². The van der Waals surface area contributed by atoms with Gasteiger partial charge in [-0.2, -0.15) is 10.4 Å². The van der Waals surface area contributed by atoms with Crippen LogP contribution in [0.2, 0.25) is 0 Å². The van der Waals surface area contributed by atoms with E-state index in [2.05, 4.69) is 11.2 Å². The van der Waals surface area contributed by atoms with Crippen LogP contribution in [0.25, 0.3) is 10.9 Å². The third kappa shape index (κ3) is 1.72. The Balaban J connectivity index is 2.43. The predicted octanol–water partition coefficient (Wildman–Crippen LogP) is 1.50. The van der Waals surface area contributed by atoms with E-state index in [4.69, 9.17) is 5.26 Å². The van der Waals surface area contributed by atoms with Crippen LogP contribution in [0.5, 0.6) is 0 Å². The lowest BCUT2D eigenvalue weighted by atomic mass is 10.2. The van der Waals surface area contributed by atoms with E-state index in [9.17, 15) is 4.79 Å². The quantitative estimate of drug-likeness (QED) is 0.704. The fourth-order valence-electron chi connectivity index (χ4n) is 1.51. The van der Waals surface area contributed by atoms with Crippen molar-refractivity contribution in [1.29, 1.82) is 5.26 Å². The maximum absolute atomic E-state index is 10.3. The minimum Gasteiger partial charge on any atom is -0.303 e. The molecule has 0 aliphatic heterocycles. The Bertz CT molecular complexity index is 536. The maximum Gasteiger partial charge on any atom is 0.121 e. The first-order chi connectivity index (χ1) is 7.35. The molecule has 15 heavy (non-hydrogen) atoms. The minimum absolute atomic E-state index is 0.455. The number of hydrogen-bond donors (Lipinski definition) is 0. The average Bonchev–Trinajstić information content (AvgIpc) is 2.68. The van der Waals surface area contributed by atoms with Gasteiger partial charge in [-0.25, -0.2) is 0 Å². The molecular weight excluding hydrogens is 190 g/mol. The molecule has 0 amide bonds. The number of hydrogen-bond acceptors (Lipinski definition) is 3. The first kappa shape index (κ1) is 9.41. The van der Waals surface area contributed by atoms with Crippen molar-refractivity contribution in [2.45, 2.75) is 13.0 Å². The second-order valence-electron chi connectivity index (χ2n) is 3.21. The normalized spacial score (nSPS) is 10.1. The van der Waals surface area contributed by atoms with Crippen LogP contribution in [0, 0.1) is 11.3 Å². The standard InChI is InChI=1S/C11H9N3O/c12-7-9-2-3-11-10(6-9)8-13-14(11)4-1-5-15/h2-3,5-6,8H,1,4H2. The zero-order valence-electron chi connectivity index (χ0n) is 8.05. The van der Waals surface area contributed by atoms with Crippen LogP contribution in [0.4, 0.5) is 0 Å². The molecule has 1 aromatic carbocycles. The number of aldehydes is 1. The van der Waals surface area contributed by atoms with Crippen molar-refractivity contribution in [3.63, 3.8) is 0 Å². The number of nitrogens with zero attached hydrogens (tertiary/aromatic N) is 3. The smallest absolute Gasteiger partial charge is 0.121 e. The first-order valence-electron chi connectivity index (χ1n) is 4.64. The lowest BCUT2D eigenvalue weighted by molar-refractivity contribution is -0.108. The van der Waals surface area contributed by atoms with E-state index in [1.165, 1.54) is 0 Å². The van der Waals surface area contributed by atoms with Gasteiger partial charge < -0.3 is 4.79 Å². The molecule has 1 aromatic heterocycles. The number of fused-ring (bicyclic) bond motifs is 1. The molecule has 4 nitrogen and oxygen atoms in total. The van der Waals surface area contributed by atoms with Crippen LogP contribution in [0.3, 0.4) is 0 Å². The molecule has 0 unspecified atom stereocenters. The minimum atomic E-state index is 0.455. The Morgan fingerprint density at radius 3 is 3.13 bits per heavy atom. The predicted molar refractivity (Wildman–Crippen MR) is 55.1 cm³/mol. The summed E-state index contributed by atoms with van der Waals surface area (Å²) in [4.78, 5) is 10.3. The van der Waals surface area contributed by atoms with Crippen molar-refractivity contribution in [3.8, 4) is 6.07 Å².